The summed E-state index contributed by atoms with van der Waals surface area (Å²) in [4.78, 5) is 0. The van der Waals surface area contributed by atoms with Gasteiger partial charge < -0.3 is 15.3 Å². The predicted molar refractivity (Wildman–Crippen MR) is 82.4 cm³/mol. The van der Waals surface area contributed by atoms with Crippen LogP contribution in [0.1, 0.15) is 66.2 Å². The maximum absolute atomic E-state index is 10.6. The van der Waals surface area contributed by atoms with Gasteiger partial charge in [-0.25, -0.2) is 0 Å². The lowest BCUT2D eigenvalue weighted by atomic mass is 9.61. The fraction of sp³-hybridized carbons (Fsp3) is 0.882. The second-order valence-corrected chi connectivity index (χ2v) is 7.33. The molecule has 3 N–H and O–H groups in total. The van der Waals surface area contributed by atoms with Crippen molar-refractivity contribution in [3.8, 4) is 0 Å². The highest BCUT2D eigenvalue weighted by Gasteiger charge is 2.47. The third kappa shape index (κ3) is 4.87. The summed E-state index contributed by atoms with van der Waals surface area (Å²) in [5.74, 6) is -0.0424. The van der Waals surface area contributed by atoms with Gasteiger partial charge in [0.1, 0.15) is 0 Å². The summed E-state index contributed by atoms with van der Waals surface area (Å²) in [5, 5.41) is 30.4. The van der Waals surface area contributed by atoms with Crippen LogP contribution in [0.2, 0.25) is 0 Å². The average molecular weight is 284 g/mol. The summed E-state index contributed by atoms with van der Waals surface area (Å²) < 4.78 is 0. The van der Waals surface area contributed by atoms with Crippen molar-refractivity contribution < 1.29 is 15.3 Å². The Kier molecular flexibility index (Phi) is 6.24. The molecule has 118 valence electrons. The molecule has 4 unspecified atom stereocenters. The molecule has 0 aromatic carbocycles. The van der Waals surface area contributed by atoms with Crippen LogP contribution >= 0.6 is 0 Å². The molecule has 0 aliphatic heterocycles. The second-order valence-electron chi connectivity index (χ2n) is 7.33. The van der Waals surface area contributed by atoms with E-state index in [1.165, 1.54) is 0 Å². The van der Waals surface area contributed by atoms with Crippen molar-refractivity contribution >= 4 is 0 Å². The Morgan fingerprint density at radius 2 is 1.85 bits per heavy atom. The van der Waals surface area contributed by atoms with Crippen LogP contribution in [0.4, 0.5) is 0 Å². The van der Waals surface area contributed by atoms with Crippen LogP contribution in [0, 0.1) is 11.3 Å². The van der Waals surface area contributed by atoms with Gasteiger partial charge in [-0.2, -0.15) is 0 Å². The van der Waals surface area contributed by atoms with E-state index in [2.05, 4.69) is 20.8 Å². The molecule has 1 fully saturated rings. The molecule has 3 heteroatoms. The first-order valence-electron chi connectivity index (χ1n) is 7.96. The normalized spacial score (nSPS) is 35.4. The molecule has 0 aromatic rings. The van der Waals surface area contributed by atoms with Gasteiger partial charge in [0.05, 0.1) is 17.8 Å². The SMILES string of the molecule is CCCCCC(O)/C=C/C1C(C)(C)CC(O)CC1(C)O. The van der Waals surface area contributed by atoms with Gasteiger partial charge in [-0.3, -0.25) is 0 Å². The summed E-state index contributed by atoms with van der Waals surface area (Å²) in [6, 6.07) is 0. The van der Waals surface area contributed by atoms with Crippen molar-refractivity contribution in [3.63, 3.8) is 0 Å². The molecule has 1 aliphatic rings. The molecule has 0 bridgehead atoms. The van der Waals surface area contributed by atoms with Crippen LogP contribution in [0.25, 0.3) is 0 Å². The van der Waals surface area contributed by atoms with Gasteiger partial charge >= 0.3 is 0 Å². The number of aliphatic hydroxyl groups is 3. The molecule has 3 nitrogen and oxygen atoms in total. The lowest BCUT2D eigenvalue weighted by Crippen LogP contribution is -2.50. The first-order valence-corrected chi connectivity index (χ1v) is 7.96. The van der Waals surface area contributed by atoms with Crippen molar-refractivity contribution in [2.24, 2.45) is 11.3 Å². The molecule has 4 atom stereocenters. The van der Waals surface area contributed by atoms with Crippen molar-refractivity contribution in [3.05, 3.63) is 12.2 Å². The zero-order chi connectivity index (χ0) is 15.4. The van der Waals surface area contributed by atoms with Gasteiger partial charge in [0.15, 0.2) is 0 Å². The molecule has 0 saturated heterocycles. The lowest BCUT2D eigenvalue weighted by Gasteiger charge is -2.48. The van der Waals surface area contributed by atoms with Crippen LogP contribution in [-0.2, 0) is 0 Å². The van der Waals surface area contributed by atoms with Crippen LogP contribution in [-0.4, -0.2) is 33.1 Å². The van der Waals surface area contributed by atoms with Crippen molar-refractivity contribution in [1.82, 2.24) is 0 Å². The fourth-order valence-corrected chi connectivity index (χ4v) is 3.66. The Labute approximate surface area is 123 Å². The number of hydrogen-bond donors (Lipinski definition) is 3. The Morgan fingerprint density at radius 1 is 1.20 bits per heavy atom. The molecule has 0 heterocycles. The minimum absolute atomic E-state index is 0.0424. The van der Waals surface area contributed by atoms with E-state index >= 15 is 0 Å². The Morgan fingerprint density at radius 3 is 2.40 bits per heavy atom. The van der Waals surface area contributed by atoms with Gasteiger partial charge in [-0.05, 0) is 25.2 Å². The number of hydrogen-bond acceptors (Lipinski definition) is 3. The highest BCUT2D eigenvalue weighted by Crippen LogP contribution is 2.46. The summed E-state index contributed by atoms with van der Waals surface area (Å²) >= 11 is 0. The zero-order valence-corrected chi connectivity index (χ0v) is 13.5. The summed E-state index contributed by atoms with van der Waals surface area (Å²) in [5.41, 5.74) is -1.08. The first kappa shape index (κ1) is 17.7. The van der Waals surface area contributed by atoms with Crippen LogP contribution < -0.4 is 0 Å². The third-order valence-corrected chi connectivity index (χ3v) is 4.55. The van der Waals surface area contributed by atoms with Gasteiger partial charge in [0, 0.05) is 12.3 Å². The minimum atomic E-state index is -0.916. The molecule has 1 rings (SSSR count). The maximum Gasteiger partial charge on any atom is 0.0721 e. The van der Waals surface area contributed by atoms with Gasteiger partial charge in [-0.1, -0.05) is 52.2 Å². The molecule has 0 spiro atoms. The van der Waals surface area contributed by atoms with Gasteiger partial charge in [0.2, 0.25) is 0 Å². The van der Waals surface area contributed by atoms with E-state index in [0.29, 0.717) is 12.8 Å². The van der Waals surface area contributed by atoms with E-state index in [1.54, 1.807) is 6.92 Å². The van der Waals surface area contributed by atoms with Gasteiger partial charge in [-0.15, -0.1) is 0 Å². The topological polar surface area (TPSA) is 60.7 Å². The highest BCUT2D eigenvalue weighted by molar-refractivity contribution is 5.09. The summed E-state index contributed by atoms with van der Waals surface area (Å²) in [7, 11) is 0. The molecular weight excluding hydrogens is 252 g/mol. The third-order valence-electron chi connectivity index (χ3n) is 4.55. The summed E-state index contributed by atoms with van der Waals surface area (Å²) in [6.45, 7) is 8.08. The lowest BCUT2D eigenvalue weighted by molar-refractivity contribution is -0.111. The fourth-order valence-electron chi connectivity index (χ4n) is 3.66. The number of rotatable bonds is 6. The second kappa shape index (κ2) is 7.06. The van der Waals surface area contributed by atoms with E-state index in [4.69, 9.17) is 0 Å². The largest absolute Gasteiger partial charge is 0.393 e. The zero-order valence-electron chi connectivity index (χ0n) is 13.5. The van der Waals surface area contributed by atoms with Crippen molar-refractivity contribution in [2.45, 2.75) is 84.0 Å². The van der Waals surface area contributed by atoms with Crippen LogP contribution in [0.5, 0.6) is 0 Å². The van der Waals surface area contributed by atoms with E-state index in [1.807, 2.05) is 12.2 Å². The van der Waals surface area contributed by atoms with E-state index in [9.17, 15) is 15.3 Å². The highest BCUT2D eigenvalue weighted by atomic mass is 16.3. The minimum Gasteiger partial charge on any atom is -0.393 e. The molecule has 0 radical (unpaired) electrons. The monoisotopic (exact) mass is 284 g/mol. The smallest absolute Gasteiger partial charge is 0.0721 e. The first-order chi connectivity index (χ1) is 9.19. The quantitative estimate of drug-likeness (QED) is 0.519. The van der Waals surface area contributed by atoms with Crippen molar-refractivity contribution in [2.75, 3.05) is 0 Å². The van der Waals surface area contributed by atoms with Crippen LogP contribution in [0.3, 0.4) is 0 Å². The Hall–Kier alpha value is -0.380. The summed E-state index contributed by atoms with van der Waals surface area (Å²) in [6.07, 6.45) is 8.10. The van der Waals surface area contributed by atoms with E-state index < -0.39 is 17.8 Å². The number of unbranched alkanes of at least 4 members (excludes halogenated alkanes) is 2. The van der Waals surface area contributed by atoms with E-state index in [-0.39, 0.29) is 11.3 Å². The van der Waals surface area contributed by atoms with Crippen molar-refractivity contribution in [1.29, 1.82) is 0 Å². The molecule has 0 amide bonds. The Bertz CT molecular complexity index is 302. The Balaban J connectivity index is 2.67. The maximum atomic E-state index is 10.6. The van der Waals surface area contributed by atoms with E-state index in [0.717, 1.165) is 25.7 Å². The number of aliphatic hydroxyl groups excluding tert-OH is 2. The molecule has 20 heavy (non-hydrogen) atoms. The predicted octanol–water partition coefficient (Wildman–Crippen LogP) is 3.03. The van der Waals surface area contributed by atoms with Crippen LogP contribution in [0.15, 0.2) is 12.2 Å². The molecule has 1 saturated carbocycles. The molecule has 1 aliphatic carbocycles. The standard InChI is InChI=1S/C17H32O3/c1-5-6-7-8-13(18)9-10-15-16(2,3)11-14(19)12-17(15,4)20/h9-10,13-15,18-20H,5-8,11-12H2,1-4H3/b10-9+. The van der Waals surface area contributed by atoms with Gasteiger partial charge in [0.25, 0.3) is 0 Å². The molecular formula is C17H32O3. The molecule has 0 aromatic heterocycles. The average Bonchev–Trinajstić information content (AvgIpc) is 2.25.